The van der Waals surface area contributed by atoms with E-state index in [1.807, 2.05) is 6.07 Å². The molecule has 0 bridgehead atoms. The zero-order valence-electron chi connectivity index (χ0n) is 21.7. The molecule has 37 heavy (non-hydrogen) atoms. The molecule has 4 N–H and O–H groups in total. The quantitative estimate of drug-likeness (QED) is 0.413. The predicted molar refractivity (Wildman–Crippen MR) is 146 cm³/mol. The Morgan fingerprint density at radius 1 is 0.595 bits per heavy atom. The summed E-state index contributed by atoms with van der Waals surface area (Å²) < 4.78 is 77.5. The topological polar surface area (TPSA) is 153 Å². The van der Waals surface area contributed by atoms with Gasteiger partial charge >= 0.3 is 0 Å². The van der Waals surface area contributed by atoms with Crippen LogP contribution in [0.4, 0.5) is 0 Å². The third kappa shape index (κ3) is 7.46. The van der Waals surface area contributed by atoms with E-state index in [-0.39, 0.29) is 22.5 Å². The molecule has 0 aromatic heterocycles. The number of aryl methyl sites for hydroxylation is 3. The molecule has 0 unspecified atom stereocenters. The van der Waals surface area contributed by atoms with Crippen LogP contribution in [-0.2, 0) is 30.1 Å². The molecule has 0 saturated heterocycles. The summed E-state index contributed by atoms with van der Waals surface area (Å²) in [6.45, 7) is 8.57. The van der Waals surface area contributed by atoms with E-state index in [1.165, 1.54) is 19.1 Å². The molecule has 9 nitrogen and oxygen atoms in total. The average molecular weight is 570 g/mol. The van der Waals surface area contributed by atoms with Gasteiger partial charge < -0.3 is 6.15 Å². The molecule has 0 aliphatic rings. The van der Waals surface area contributed by atoms with Crippen LogP contribution in [0, 0.1) is 20.8 Å². The van der Waals surface area contributed by atoms with Gasteiger partial charge in [-0.2, -0.15) is 0 Å². The van der Waals surface area contributed by atoms with Gasteiger partial charge in [0.2, 0.25) is 10.0 Å². The molecular weight excluding hydrogens is 534 g/mol. The summed E-state index contributed by atoms with van der Waals surface area (Å²) in [5.41, 5.74) is 1.78. The Labute approximate surface area is 221 Å². The van der Waals surface area contributed by atoms with Crippen LogP contribution in [0.5, 0.6) is 0 Å². The zero-order valence-corrected chi connectivity index (χ0v) is 24.1. The van der Waals surface area contributed by atoms with Gasteiger partial charge in [-0.1, -0.05) is 72.2 Å². The molecular formula is C25H35N3O6S3. The molecule has 0 spiro atoms. The fourth-order valence-electron chi connectivity index (χ4n) is 3.51. The second kappa shape index (κ2) is 13.3. The van der Waals surface area contributed by atoms with E-state index >= 15 is 0 Å². The highest BCUT2D eigenvalue weighted by Gasteiger charge is 2.36. The maximum absolute atomic E-state index is 12.9. The van der Waals surface area contributed by atoms with Gasteiger partial charge in [-0.15, -0.1) is 0 Å². The Morgan fingerprint density at radius 2 is 0.919 bits per heavy atom. The molecule has 3 rings (SSSR count). The van der Waals surface area contributed by atoms with Gasteiger partial charge in [0.25, 0.3) is 20.0 Å². The van der Waals surface area contributed by atoms with Crippen molar-refractivity contribution in [2.45, 2.75) is 49.3 Å². The minimum atomic E-state index is -4.16. The predicted octanol–water partition coefficient (Wildman–Crippen LogP) is 4.16. The van der Waals surface area contributed by atoms with Crippen LogP contribution in [0.1, 0.15) is 30.5 Å². The summed E-state index contributed by atoms with van der Waals surface area (Å²) in [7, 11) is -11.6. The zero-order chi connectivity index (χ0) is 27.1. The summed E-state index contributed by atoms with van der Waals surface area (Å²) in [4.78, 5) is 0.356. The number of benzene rings is 3. The lowest BCUT2D eigenvalue weighted by Crippen LogP contribution is -2.37. The van der Waals surface area contributed by atoms with Crippen molar-refractivity contribution in [2.24, 2.45) is 0 Å². The largest absolute Gasteiger partial charge is 0.344 e. The monoisotopic (exact) mass is 569 g/mol. The molecule has 204 valence electrons. The first-order chi connectivity index (χ1) is 16.8. The third-order valence-electron chi connectivity index (χ3n) is 5.25. The third-order valence-corrected chi connectivity index (χ3v) is 11.8. The minimum absolute atomic E-state index is 0. The first-order valence-electron chi connectivity index (χ1n) is 11.2. The first kappa shape index (κ1) is 32.4. The van der Waals surface area contributed by atoms with Gasteiger partial charge in [-0.3, -0.25) is 0 Å². The molecule has 0 radical (unpaired) electrons. The molecule has 0 atom stereocenters. The van der Waals surface area contributed by atoms with E-state index in [9.17, 15) is 25.3 Å². The Kier molecular flexibility index (Phi) is 11.6. The fraction of sp³-hybridized carbons (Fsp3) is 0.280. The van der Waals surface area contributed by atoms with Crippen LogP contribution in [0.25, 0.3) is 0 Å². The molecule has 12 heteroatoms. The summed E-state index contributed by atoms with van der Waals surface area (Å²) in [6.07, 6.45) is 0. The van der Waals surface area contributed by atoms with Crippen molar-refractivity contribution in [1.82, 2.24) is 14.6 Å². The highest BCUT2D eigenvalue weighted by atomic mass is 32.3. The second-order valence-corrected chi connectivity index (χ2v) is 13.5. The number of sulfonamides is 3. The molecule has 0 saturated carbocycles. The van der Waals surface area contributed by atoms with Crippen molar-refractivity contribution in [3.8, 4) is 0 Å². The SMILES string of the molecule is CCN(S(=O)(=O)c1ccccc1C)S(=O)(=O)c1ccccc1C.CCNS(=O)(=O)c1ccccc1C.N. The Hall–Kier alpha value is -2.61. The van der Waals surface area contributed by atoms with Crippen molar-refractivity contribution in [2.75, 3.05) is 13.1 Å². The fourth-order valence-corrected chi connectivity index (χ4v) is 8.88. The van der Waals surface area contributed by atoms with E-state index in [2.05, 4.69) is 4.72 Å². The first-order valence-corrected chi connectivity index (χ1v) is 15.6. The number of nitrogens with zero attached hydrogens (tertiary/aromatic N) is 1. The smallest absolute Gasteiger partial charge is 0.256 e. The molecule has 3 aromatic rings. The summed E-state index contributed by atoms with van der Waals surface area (Å²) in [5.74, 6) is 0. The van der Waals surface area contributed by atoms with E-state index in [1.54, 1.807) is 82.3 Å². The van der Waals surface area contributed by atoms with Gasteiger partial charge in [-0.05, 0) is 55.7 Å². The lowest BCUT2D eigenvalue weighted by atomic mass is 10.2. The second-order valence-electron chi connectivity index (χ2n) is 7.90. The van der Waals surface area contributed by atoms with Crippen molar-refractivity contribution in [1.29, 1.82) is 0 Å². The van der Waals surface area contributed by atoms with Crippen molar-refractivity contribution >= 4 is 30.1 Å². The molecule has 0 aliphatic carbocycles. The molecule has 0 aliphatic heterocycles. The van der Waals surface area contributed by atoms with Gasteiger partial charge in [0.05, 0.1) is 14.7 Å². The molecule has 0 amide bonds. The average Bonchev–Trinajstić information content (AvgIpc) is 2.80. The van der Waals surface area contributed by atoms with Crippen LogP contribution in [0.2, 0.25) is 0 Å². The molecule has 3 aromatic carbocycles. The maximum atomic E-state index is 12.9. The Balaban J connectivity index is 0.000000417. The maximum Gasteiger partial charge on any atom is 0.256 e. The van der Waals surface area contributed by atoms with Crippen LogP contribution in [0.3, 0.4) is 0 Å². The van der Waals surface area contributed by atoms with E-state index in [0.717, 1.165) is 5.56 Å². The lowest BCUT2D eigenvalue weighted by molar-refractivity contribution is 0.505. The number of rotatable bonds is 8. The number of hydrogen-bond acceptors (Lipinski definition) is 7. The van der Waals surface area contributed by atoms with Crippen molar-refractivity contribution in [3.05, 3.63) is 89.5 Å². The normalized spacial score (nSPS) is 11.8. The molecule has 0 fully saturated rings. The summed E-state index contributed by atoms with van der Waals surface area (Å²) >= 11 is 0. The van der Waals surface area contributed by atoms with E-state index in [4.69, 9.17) is 0 Å². The number of nitrogens with one attached hydrogen (secondary N) is 1. The standard InChI is InChI=1S/C16H19NO4S2.C9H13NO2S.H3N/c1-4-17(22(18,19)15-11-7-5-9-13(15)2)23(20,21)16-12-8-6-10-14(16)3;1-3-10-13(11,12)9-7-5-4-6-8(9)2;/h5-12H,4H2,1-3H3;4-7,10H,3H2,1-2H3;1H3. The van der Waals surface area contributed by atoms with E-state index in [0.29, 0.717) is 26.3 Å². The lowest BCUT2D eigenvalue weighted by Gasteiger charge is -2.22. The van der Waals surface area contributed by atoms with Crippen LogP contribution >= 0.6 is 0 Å². The van der Waals surface area contributed by atoms with Gasteiger partial charge in [-0.25, -0.2) is 30.0 Å². The van der Waals surface area contributed by atoms with Crippen molar-refractivity contribution in [3.63, 3.8) is 0 Å². The van der Waals surface area contributed by atoms with Crippen molar-refractivity contribution < 1.29 is 25.3 Å². The Bertz CT molecular complexity index is 1440. The van der Waals surface area contributed by atoms with E-state index < -0.39 is 30.1 Å². The minimum Gasteiger partial charge on any atom is -0.344 e. The highest BCUT2D eigenvalue weighted by molar-refractivity contribution is 8.04. The van der Waals surface area contributed by atoms with Gasteiger partial charge in [0.15, 0.2) is 0 Å². The molecule has 0 heterocycles. The number of hydrogen-bond donors (Lipinski definition) is 2. The van der Waals surface area contributed by atoms with Crippen LogP contribution < -0.4 is 10.9 Å². The van der Waals surface area contributed by atoms with Crippen LogP contribution in [-0.4, -0.2) is 42.1 Å². The van der Waals surface area contributed by atoms with Crippen LogP contribution in [0.15, 0.2) is 87.5 Å². The summed E-state index contributed by atoms with van der Waals surface area (Å²) in [6, 6.07) is 19.6. The van der Waals surface area contributed by atoms with Gasteiger partial charge in [0.1, 0.15) is 0 Å². The highest BCUT2D eigenvalue weighted by Crippen LogP contribution is 2.27. The Morgan fingerprint density at radius 3 is 1.22 bits per heavy atom. The van der Waals surface area contributed by atoms with Gasteiger partial charge in [0, 0.05) is 13.1 Å². The summed E-state index contributed by atoms with van der Waals surface area (Å²) in [5, 5.41) is 0.